The molecule has 4 aromatic rings. The first-order valence-corrected chi connectivity index (χ1v) is 9.09. The van der Waals surface area contributed by atoms with Crippen molar-refractivity contribution in [1.29, 1.82) is 0 Å². The summed E-state index contributed by atoms with van der Waals surface area (Å²) in [4.78, 5) is 36.4. The summed E-state index contributed by atoms with van der Waals surface area (Å²) in [6.07, 6.45) is 5.57. The molecule has 3 N–H and O–H groups in total. The minimum absolute atomic E-state index is 0.260. The van der Waals surface area contributed by atoms with E-state index in [1.807, 2.05) is 30.3 Å². The fourth-order valence-corrected chi connectivity index (χ4v) is 2.86. The molecule has 0 amide bonds. The van der Waals surface area contributed by atoms with Crippen molar-refractivity contribution in [2.75, 3.05) is 22.5 Å². The number of nitrogens with one attached hydrogen (secondary N) is 3. The van der Waals surface area contributed by atoms with E-state index in [0.29, 0.717) is 29.7 Å². The predicted molar refractivity (Wildman–Crippen MR) is 113 cm³/mol. The zero-order chi connectivity index (χ0) is 20.1. The highest BCUT2D eigenvalue weighted by Gasteiger charge is 2.20. The highest BCUT2D eigenvalue weighted by molar-refractivity contribution is 5.79. The van der Waals surface area contributed by atoms with Crippen LogP contribution in [-0.2, 0) is 6.42 Å². The smallest absolute Gasteiger partial charge is 0.253 e. The number of benzene rings is 1. The Balaban J connectivity index is 1.43. The van der Waals surface area contributed by atoms with Gasteiger partial charge in [-0.25, -0.2) is 15.0 Å². The van der Waals surface area contributed by atoms with Crippen LogP contribution in [0.15, 0.2) is 76.7 Å². The number of aromatic nitrogens is 3. The molecule has 29 heavy (non-hydrogen) atoms. The minimum Gasteiger partial charge on any atom is -0.380 e. The van der Waals surface area contributed by atoms with Crippen molar-refractivity contribution in [3.8, 4) is 0 Å². The zero-order valence-electron chi connectivity index (χ0n) is 15.4. The van der Waals surface area contributed by atoms with Crippen molar-refractivity contribution >= 4 is 28.8 Å². The van der Waals surface area contributed by atoms with Crippen LogP contribution in [0.25, 0.3) is 0 Å². The maximum Gasteiger partial charge on any atom is 0.253 e. The summed E-state index contributed by atoms with van der Waals surface area (Å²) >= 11 is 0. The number of pyridine rings is 1. The molecule has 0 radical (unpaired) electrons. The molecule has 0 aliphatic carbocycles. The second kappa shape index (κ2) is 8.30. The molecule has 144 valence electrons. The van der Waals surface area contributed by atoms with Crippen LogP contribution >= 0.6 is 0 Å². The average molecular weight is 386 g/mol. The van der Waals surface area contributed by atoms with Gasteiger partial charge >= 0.3 is 0 Å². The lowest BCUT2D eigenvalue weighted by Gasteiger charge is -2.15. The minimum atomic E-state index is -0.537. The molecule has 2 aromatic heterocycles. The Kier molecular flexibility index (Phi) is 5.24. The summed E-state index contributed by atoms with van der Waals surface area (Å²) in [5, 5.41) is 9.06. The number of hydrogen-bond donors (Lipinski definition) is 3. The molecule has 0 bridgehead atoms. The average Bonchev–Trinajstić information content (AvgIpc) is 2.77. The summed E-state index contributed by atoms with van der Waals surface area (Å²) in [6, 6.07) is 15.1. The van der Waals surface area contributed by atoms with E-state index in [2.05, 4.69) is 30.9 Å². The third-order valence-corrected chi connectivity index (χ3v) is 4.30. The molecular formula is C21H18N6O2. The molecule has 0 aliphatic heterocycles. The normalized spacial score (nSPS) is 10.6. The van der Waals surface area contributed by atoms with Gasteiger partial charge in [0, 0.05) is 36.9 Å². The van der Waals surface area contributed by atoms with Crippen molar-refractivity contribution in [1.82, 2.24) is 15.0 Å². The van der Waals surface area contributed by atoms with Crippen LogP contribution in [-0.4, -0.2) is 21.5 Å². The van der Waals surface area contributed by atoms with Crippen LogP contribution in [0.4, 0.5) is 28.8 Å². The SMILES string of the molecule is O=c1c(NCCc2ccccc2)c(Nc2ccnc(Nc3ncccn3)c2)c1=O. The monoisotopic (exact) mass is 386 g/mol. The van der Waals surface area contributed by atoms with Gasteiger partial charge in [-0.3, -0.25) is 9.59 Å². The molecule has 0 saturated heterocycles. The Morgan fingerprint density at radius 2 is 1.52 bits per heavy atom. The van der Waals surface area contributed by atoms with E-state index in [0.717, 1.165) is 12.0 Å². The lowest BCUT2D eigenvalue weighted by molar-refractivity contribution is 1.01. The molecule has 8 nitrogen and oxygen atoms in total. The second-order valence-corrected chi connectivity index (χ2v) is 6.32. The van der Waals surface area contributed by atoms with E-state index in [9.17, 15) is 9.59 Å². The van der Waals surface area contributed by atoms with Gasteiger partial charge in [-0.1, -0.05) is 30.3 Å². The summed E-state index contributed by atoms with van der Waals surface area (Å²) in [5.41, 5.74) is 1.30. The molecule has 0 atom stereocenters. The number of hydrogen-bond acceptors (Lipinski definition) is 8. The predicted octanol–water partition coefficient (Wildman–Crippen LogP) is 2.61. The summed E-state index contributed by atoms with van der Waals surface area (Å²) in [7, 11) is 0. The summed E-state index contributed by atoms with van der Waals surface area (Å²) in [5.74, 6) is 0.924. The Morgan fingerprint density at radius 1 is 0.759 bits per heavy atom. The molecule has 0 saturated carbocycles. The molecule has 0 spiro atoms. The first-order valence-electron chi connectivity index (χ1n) is 9.09. The Morgan fingerprint density at radius 3 is 2.31 bits per heavy atom. The zero-order valence-corrected chi connectivity index (χ0v) is 15.4. The van der Waals surface area contributed by atoms with Gasteiger partial charge in [0.15, 0.2) is 0 Å². The number of rotatable bonds is 8. The molecule has 0 unspecified atom stereocenters. The van der Waals surface area contributed by atoms with Gasteiger partial charge in [0.2, 0.25) is 5.95 Å². The van der Waals surface area contributed by atoms with Crippen molar-refractivity contribution in [2.24, 2.45) is 0 Å². The molecular weight excluding hydrogens is 368 g/mol. The van der Waals surface area contributed by atoms with Crippen molar-refractivity contribution in [2.45, 2.75) is 6.42 Å². The van der Waals surface area contributed by atoms with E-state index in [4.69, 9.17) is 0 Å². The van der Waals surface area contributed by atoms with E-state index in [-0.39, 0.29) is 5.69 Å². The fourth-order valence-electron chi connectivity index (χ4n) is 2.86. The first kappa shape index (κ1) is 18.3. The molecule has 8 heteroatoms. The largest absolute Gasteiger partial charge is 0.380 e. The number of anilines is 5. The molecule has 2 aromatic carbocycles. The third kappa shape index (κ3) is 4.27. The number of nitrogens with zero attached hydrogens (tertiary/aromatic N) is 3. The highest BCUT2D eigenvalue weighted by atomic mass is 16.2. The van der Waals surface area contributed by atoms with Crippen LogP contribution in [0.3, 0.4) is 0 Å². The van der Waals surface area contributed by atoms with E-state index >= 15 is 0 Å². The van der Waals surface area contributed by atoms with Gasteiger partial charge < -0.3 is 16.0 Å². The maximum atomic E-state index is 12.0. The molecule has 2 heterocycles. The molecule has 4 rings (SSSR count). The second-order valence-electron chi connectivity index (χ2n) is 6.32. The van der Waals surface area contributed by atoms with Crippen LogP contribution in [0.1, 0.15) is 5.56 Å². The lowest BCUT2D eigenvalue weighted by atomic mass is 10.1. The van der Waals surface area contributed by atoms with Crippen molar-refractivity contribution in [3.63, 3.8) is 0 Å². The third-order valence-electron chi connectivity index (χ3n) is 4.30. The van der Waals surface area contributed by atoms with E-state index < -0.39 is 10.9 Å². The summed E-state index contributed by atoms with van der Waals surface area (Å²) in [6.45, 7) is 0.554. The highest BCUT2D eigenvalue weighted by Crippen LogP contribution is 2.22. The van der Waals surface area contributed by atoms with Crippen LogP contribution in [0.5, 0.6) is 0 Å². The first-order chi connectivity index (χ1) is 14.2. The quantitative estimate of drug-likeness (QED) is 0.397. The summed E-state index contributed by atoms with van der Waals surface area (Å²) < 4.78 is 0. The maximum absolute atomic E-state index is 12.0. The van der Waals surface area contributed by atoms with Crippen LogP contribution < -0.4 is 26.8 Å². The van der Waals surface area contributed by atoms with Gasteiger partial charge in [-0.2, -0.15) is 0 Å². The van der Waals surface area contributed by atoms with Gasteiger partial charge in [0.05, 0.1) is 0 Å². The lowest BCUT2D eigenvalue weighted by Crippen LogP contribution is -2.37. The fraction of sp³-hybridized carbons (Fsp3) is 0.0952. The van der Waals surface area contributed by atoms with Crippen molar-refractivity contribution < 1.29 is 0 Å². The van der Waals surface area contributed by atoms with Crippen LogP contribution in [0.2, 0.25) is 0 Å². The van der Waals surface area contributed by atoms with E-state index in [1.54, 1.807) is 36.8 Å². The van der Waals surface area contributed by atoms with Gasteiger partial charge in [0.25, 0.3) is 10.9 Å². The Hall–Kier alpha value is -4.07. The van der Waals surface area contributed by atoms with Crippen molar-refractivity contribution in [3.05, 3.63) is 93.1 Å². The standard InChI is InChI=1S/C21H18N6O2/c28-19-17(23-11-7-14-5-2-1-3-6-14)18(20(19)29)26-15-8-12-22-16(13-15)27-21-24-9-4-10-25-21/h1-6,8-10,12-13,23H,7,11H2,(H2,22,24,25,26,27). The van der Waals surface area contributed by atoms with Crippen LogP contribution in [0, 0.1) is 0 Å². The van der Waals surface area contributed by atoms with E-state index in [1.165, 1.54) is 0 Å². The Labute approximate surface area is 166 Å². The van der Waals surface area contributed by atoms with Gasteiger partial charge in [-0.15, -0.1) is 0 Å². The van der Waals surface area contributed by atoms with Gasteiger partial charge in [-0.05, 0) is 24.1 Å². The molecule has 0 aliphatic rings. The molecule has 0 fully saturated rings. The topological polar surface area (TPSA) is 109 Å². The Bertz CT molecular complexity index is 1170. The van der Waals surface area contributed by atoms with Gasteiger partial charge in [0.1, 0.15) is 17.2 Å².